The molecule has 0 amide bonds. The lowest BCUT2D eigenvalue weighted by atomic mass is 10.0. The van der Waals surface area contributed by atoms with Crippen molar-refractivity contribution in [3.63, 3.8) is 0 Å². The van der Waals surface area contributed by atoms with Gasteiger partial charge in [0.25, 0.3) is 0 Å². The number of rotatable bonds is 3. The van der Waals surface area contributed by atoms with E-state index < -0.39 is 17.7 Å². The lowest BCUT2D eigenvalue weighted by Gasteiger charge is -2.23. The summed E-state index contributed by atoms with van der Waals surface area (Å²) in [7, 11) is 0. The first kappa shape index (κ1) is 12.9. The highest BCUT2D eigenvalue weighted by Crippen LogP contribution is 2.32. The van der Waals surface area contributed by atoms with Gasteiger partial charge in [-0.15, -0.1) is 0 Å². The van der Waals surface area contributed by atoms with E-state index in [1.165, 1.54) is 6.07 Å². The molecular formula is C13H14F2N2O. The van der Waals surface area contributed by atoms with Gasteiger partial charge >= 0.3 is 0 Å². The average Bonchev–Trinajstić information content (AvgIpc) is 2.71. The highest BCUT2D eigenvalue weighted by molar-refractivity contribution is 5.22. The number of nitrogens with zero attached hydrogens (tertiary/aromatic N) is 2. The summed E-state index contributed by atoms with van der Waals surface area (Å²) < 4.78 is 26.1. The van der Waals surface area contributed by atoms with E-state index in [0.29, 0.717) is 31.5 Å². The van der Waals surface area contributed by atoms with Gasteiger partial charge in [-0.3, -0.25) is 4.90 Å². The molecule has 5 heteroatoms. The maximum absolute atomic E-state index is 13.2. The van der Waals surface area contributed by atoms with Crippen LogP contribution in [-0.4, -0.2) is 29.2 Å². The smallest absolute Gasteiger partial charge is 0.159 e. The Kier molecular flexibility index (Phi) is 3.90. The van der Waals surface area contributed by atoms with Gasteiger partial charge in [-0.1, -0.05) is 6.07 Å². The van der Waals surface area contributed by atoms with Crippen LogP contribution in [-0.2, 0) is 0 Å². The van der Waals surface area contributed by atoms with Crippen LogP contribution in [0.4, 0.5) is 8.78 Å². The molecule has 2 rings (SSSR count). The number of hydrogen-bond acceptors (Lipinski definition) is 3. The van der Waals surface area contributed by atoms with Crippen LogP contribution >= 0.6 is 0 Å². The summed E-state index contributed by atoms with van der Waals surface area (Å²) in [6.45, 7) is 0.989. The van der Waals surface area contributed by atoms with Crippen molar-refractivity contribution in [3.8, 4) is 6.07 Å². The highest BCUT2D eigenvalue weighted by Gasteiger charge is 2.31. The van der Waals surface area contributed by atoms with Crippen molar-refractivity contribution >= 4 is 0 Å². The Bertz CT molecular complexity index is 473. The topological polar surface area (TPSA) is 47.3 Å². The van der Waals surface area contributed by atoms with Crippen LogP contribution in [0.25, 0.3) is 0 Å². The minimum absolute atomic E-state index is 0.150. The summed E-state index contributed by atoms with van der Waals surface area (Å²) in [4.78, 5) is 1.93. The number of β-amino-alcohol motifs (C(OH)–C–C–N with tert-alkyl or cyclic N) is 1. The Balaban J connectivity index is 2.19. The predicted molar refractivity (Wildman–Crippen MR) is 61.5 cm³/mol. The third-order valence-electron chi connectivity index (χ3n) is 3.22. The molecule has 1 aromatic carbocycles. The van der Waals surface area contributed by atoms with E-state index in [0.717, 1.165) is 12.1 Å². The van der Waals surface area contributed by atoms with Crippen molar-refractivity contribution in [1.82, 2.24) is 4.90 Å². The molecule has 18 heavy (non-hydrogen) atoms. The van der Waals surface area contributed by atoms with Crippen molar-refractivity contribution in [2.24, 2.45) is 0 Å². The molecule has 1 aromatic rings. The van der Waals surface area contributed by atoms with E-state index in [2.05, 4.69) is 0 Å². The third kappa shape index (κ3) is 2.66. The summed E-state index contributed by atoms with van der Waals surface area (Å²) in [5.74, 6) is -1.75. The van der Waals surface area contributed by atoms with Crippen molar-refractivity contribution < 1.29 is 13.9 Å². The number of aliphatic hydroxyl groups excluding tert-OH is 1. The van der Waals surface area contributed by atoms with E-state index in [-0.39, 0.29) is 6.04 Å². The molecule has 0 aromatic heterocycles. The standard InChI is InChI=1S/C13H14F2N2O/c14-11-3-2-9(6-12(11)15)13-7-10(18)8-17(13)5-1-4-16/h2-3,6,10,13,18H,1,5,7-8H2/t10-,13+/m1/s1. The second kappa shape index (κ2) is 5.42. The minimum atomic E-state index is -0.880. The zero-order chi connectivity index (χ0) is 13.1. The Morgan fingerprint density at radius 1 is 1.39 bits per heavy atom. The number of nitriles is 1. The average molecular weight is 252 g/mol. The zero-order valence-electron chi connectivity index (χ0n) is 9.81. The number of hydrogen-bond donors (Lipinski definition) is 1. The Morgan fingerprint density at radius 3 is 2.83 bits per heavy atom. The summed E-state index contributed by atoms with van der Waals surface area (Å²) >= 11 is 0. The normalized spacial score (nSPS) is 24.1. The molecule has 2 atom stereocenters. The van der Waals surface area contributed by atoms with E-state index in [1.54, 1.807) is 0 Å². The Labute approximate surface area is 104 Å². The second-order valence-corrected chi connectivity index (χ2v) is 4.48. The van der Waals surface area contributed by atoms with Gasteiger partial charge in [-0.2, -0.15) is 5.26 Å². The van der Waals surface area contributed by atoms with Crippen LogP contribution in [0.5, 0.6) is 0 Å². The van der Waals surface area contributed by atoms with Crippen molar-refractivity contribution in [2.75, 3.05) is 13.1 Å². The van der Waals surface area contributed by atoms with Gasteiger partial charge in [0, 0.05) is 25.6 Å². The molecule has 1 heterocycles. The fraction of sp³-hybridized carbons (Fsp3) is 0.462. The fourth-order valence-corrected chi connectivity index (χ4v) is 2.39. The third-order valence-corrected chi connectivity index (χ3v) is 3.22. The lowest BCUT2D eigenvalue weighted by Crippen LogP contribution is -2.25. The quantitative estimate of drug-likeness (QED) is 0.894. The van der Waals surface area contributed by atoms with Gasteiger partial charge in [-0.05, 0) is 24.1 Å². The Hall–Kier alpha value is -1.51. The minimum Gasteiger partial charge on any atom is -0.392 e. The van der Waals surface area contributed by atoms with Crippen LogP contribution in [0.1, 0.15) is 24.4 Å². The van der Waals surface area contributed by atoms with Crippen molar-refractivity contribution in [1.29, 1.82) is 5.26 Å². The largest absolute Gasteiger partial charge is 0.392 e. The summed E-state index contributed by atoms with van der Waals surface area (Å²) in [5, 5.41) is 18.2. The van der Waals surface area contributed by atoms with Crippen molar-refractivity contribution in [2.45, 2.75) is 25.0 Å². The highest BCUT2D eigenvalue weighted by atomic mass is 19.2. The molecule has 1 fully saturated rings. The van der Waals surface area contributed by atoms with Gasteiger partial charge in [0.1, 0.15) is 0 Å². The molecule has 1 aliphatic rings. The number of likely N-dealkylation sites (tertiary alicyclic amines) is 1. The second-order valence-electron chi connectivity index (χ2n) is 4.48. The van der Waals surface area contributed by atoms with Crippen LogP contribution in [0.15, 0.2) is 18.2 Å². The van der Waals surface area contributed by atoms with Gasteiger partial charge in [-0.25, -0.2) is 8.78 Å². The monoisotopic (exact) mass is 252 g/mol. The van der Waals surface area contributed by atoms with Gasteiger partial charge in [0.15, 0.2) is 11.6 Å². The van der Waals surface area contributed by atoms with Crippen LogP contribution in [0.3, 0.4) is 0 Å². The molecule has 0 radical (unpaired) electrons. The molecule has 0 bridgehead atoms. The predicted octanol–water partition coefficient (Wildman–Crippen LogP) is 1.99. The molecule has 96 valence electrons. The molecule has 0 spiro atoms. The summed E-state index contributed by atoms with van der Waals surface area (Å²) in [5.41, 5.74) is 0.642. The number of benzene rings is 1. The molecular weight excluding hydrogens is 238 g/mol. The summed E-state index contributed by atoms with van der Waals surface area (Å²) in [6.07, 6.45) is 0.352. The van der Waals surface area contributed by atoms with Gasteiger partial charge in [0.2, 0.25) is 0 Å². The number of halogens is 2. The SMILES string of the molecule is N#CCCN1C[C@H](O)C[C@H]1c1ccc(F)c(F)c1. The molecule has 0 unspecified atom stereocenters. The van der Waals surface area contributed by atoms with E-state index >= 15 is 0 Å². The van der Waals surface area contributed by atoms with Crippen LogP contribution in [0.2, 0.25) is 0 Å². The van der Waals surface area contributed by atoms with E-state index in [1.807, 2.05) is 11.0 Å². The maximum atomic E-state index is 13.2. The number of aliphatic hydroxyl groups is 1. The van der Waals surface area contributed by atoms with Gasteiger partial charge in [0.05, 0.1) is 12.2 Å². The fourth-order valence-electron chi connectivity index (χ4n) is 2.39. The lowest BCUT2D eigenvalue weighted by molar-refractivity contribution is 0.176. The van der Waals surface area contributed by atoms with Crippen molar-refractivity contribution in [3.05, 3.63) is 35.4 Å². The molecule has 1 N–H and O–H groups in total. The summed E-state index contributed by atoms with van der Waals surface area (Å²) in [6, 6.07) is 5.68. The molecule has 1 saturated heterocycles. The van der Waals surface area contributed by atoms with Gasteiger partial charge < -0.3 is 5.11 Å². The zero-order valence-corrected chi connectivity index (χ0v) is 9.81. The first-order valence-electron chi connectivity index (χ1n) is 5.86. The van der Waals surface area contributed by atoms with Crippen LogP contribution < -0.4 is 0 Å². The first-order chi connectivity index (χ1) is 8.61. The van der Waals surface area contributed by atoms with E-state index in [4.69, 9.17) is 5.26 Å². The first-order valence-corrected chi connectivity index (χ1v) is 5.86. The Morgan fingerprint density at radius 2 is 2.17 bits per heavy atom. The molecule has 0 aliphatic carbocycles. The molecule has 3 nitrogen and oxygen atoms in total. The molecule has 0 saturated carbocycles. The van der Waals surface area contributed by atoms with E-state index in [9.17, 15) is 13.9 Å². The maximum Gasteiger partial charge on any atom is 0.159 e. The molecule has 1 aliphatic heterocycles. The van der Waals surface area contributed by atoms with Crippen LogP contribution in [0, 0.1) is 23.0 Å².